The zero-order chi connectivity index (χ0) is 12.9. The van der Waals surface area contributed by atoms with Crippen LogP contribution < -0.4 is 0 Å². The molecule has 1 fully saturated rings. The van der Waals surface area contributed by atoms with Crippen molar-refractivity contribution in [3.05, 3.63) is 0 Å². The van der Waals surface area contributed by atoms with Gasteiger partial charge >= 0.3 is 5.97 Å². The lowest BCUT2D eigenvalue weighted by atomic mass is 9.91. The zero-order valence-electron chi connectivity index (χ0n) is 10.7. The van der Waals surface area contributed by atoms with Crippen LogP contribution in [-0.2, 0) is 14.3 Å². The minimum absolute atomic E-state index is 0.320. The van der Waals surface area contributed by atoms with Gasteiger partial charge in [-0.05, 0) is 26.8 Å². The van der Waals surface area contributed by atoms with E-state index in [2.05, 4.69) is 15.7 Å². The van der Waals surface area contributed by atoms with Gasteiger partial charge < -0.3 is 9.47 Å². The second-order valence-electron chi connectivity index (χ2n) is 4.93. The molecule has 0 spiro atoms. The fourth-order valence-corrected chi connectivity index (χ4v) is 1.67. The fraction of sp³-hybridized carbons (Fsp3) is 0.833. The van der Waals surface area contributed by atoms with Crippen LogP contribution in [0, 0.1) is 16.7 Å². The number of hydrogen-bond acceptors (Lipinski definition) is 5. The zero-order valence-corrected chi connectivity index (χ0v) is 10.7. The molecule has 0 radical (unpaired) electrons. The maximum absolute atomic E-state index is 11.3. The molecule has 96 valence electrons. The maximum Gasteiger partial charge on any atom is 0.336 e. The summed E-state index contributed by atoms with van der Waals surface area (Å²) >= 11 is 0. The van der Waals surface area contributed by atoms with Crippen molar-refractivity contribution in [3.63, 3.8) is 0 Å². The first-order chi connectivity index (χ1) is 7.98. The molecule has 0 saturated carbocycles. The Morgan fingerprint density at radius 3 is 2.94 bits per heavy atom. The third-order valence-corrected chi connectivity index (χ3v) is 2.97. The molecule has 0 aromatic carbocycles. The lowest BCUT2D eigenvalue weighted by molar-refractivity contribution is -0.159. The van der Waals surface area contributed by atoms with Gasteiger partial charge in [-0.15, -0.1) is 0 Å². The Morgan fingerprint density at radius 2 is 2.35 bits per heavy atom. The third kappa shape index (κ3) is 4.33. The highest BCUT2D eigenvalue weighted by Gasteiger charge is 2.28. The molecule has 1 aliphatic heterocycles. The quantitative estimate of drug-likeness (QED) is 0.680. The smallest absolute Gasteiger partial charge is 0.336 e. The Balaban J connectivity index is 2.40. The average Bonchev–Trinajstić information content (AvgIpc) is 2.36. The Kier molecular flexibility index (Phi) is 4.91. The summed E-state index contributed by atoms with van der Waals surface area (Å²) in [5, 5.41) is 8.93. The van der Waals surface area contributed by atoms with Crippen molar-refractivity contribution in [2.24, 2.45) is 5.41 Å². The lowest BCUT2D eigenvalue weighted by Gasteiger charge is -2.32. The number of carbonyl (C=O) groups excluding carboxylic acids is 1. The molecule has 1 atom stereocenters. The predicted octanol–water partition coefficient (Wildman–Crippen LogP) is 0.800. The summed E-state index contributed by atoms with van der Waals surface area (Å²) in [5.41, 5.74) is -0.320. The van der Waals surface area contributed by atoms with E-state index in [9.17, 15) is 4.79 Å². The van der Waals surface area contributed by atoms with E-state index in [1.165, 1.54) is 7.11 Å². The molecule has 1 heterocycles. The number of nitrogens with zero attached hydrogens (tertiary/aromatic N) is 2. The normalized spacial score (nSPS) is 21.9. The van der Waals surface area contributed by atoms with Crippen LogP contribution in [0.25, 0.3) is 0 Å². The molecule has 1 aliphatic rings. The molecule has 17 heavy (non-hydrogen) atoms. The van der Waals surface area contributed by atoms with E-state index in [1.54, 1.807) is 0 Å². The number of nitriles is 1. The lowest BCUT2D eigenvalue weighted by Crippen LogP contribution is -2.47. The monoisotopic (exact) mass is 240 g/mol. The van der Waals surface area contributed by atoms with Gasteiger partial charge in [-0.25, -0.2) is 4.79 Å². The van der Waals surface area contributed by atoms with Crippen molar-refractivity contribution < 1.29 is 14.3 Å². The number of morpholine rings is 1. The summed E-state index contributed by atoms with van der Waals surface area (Å²) in [5.74, 6) is -0.325. The standard InChI is InChI=1S/C12H20N2O3/c1-12(2,9-13)4-5-14-6-7-17-10(8-14)11(15)16-3/h10H,4-8H2,1-3H3. The average molecular weight is 240 g/mol. The molecular formula is C12H20N2O3. The van der Waals surface area contributed by atoms with Crippen molar-refractivity contribution in [1.82, 2.24) is 4.90 Å². The van der Waals surface area contributed by atoms with Crippen LogP contribution >= 0.6 is 0 Å². The van der Waals surface area contributed by atoms with Crippen LogP contribution in [0.15, 0.2) is 0 Å². The number of ether oxygens (including phenoxy) is 2. The Hall–Kier alpha value is -1.12. The first-order valence-electron chi connectivity index (χ1n) is 5.81. The molecule has 0 aliphatic carbocycles. The van der Waals surface area contributed by atoms with Crippen molar-refractivity contribution in [2.75, 3.05) is 33.4 Å². The van der Waals surface area contributed by atoms with E-state index in [0.29, 0.717) is 13.2 Å². The first kappa shape index (κ1) is 13.9. The van der Waals surface area contributed by atoms with E-state index in [1.807, 2.05) is 13.8 Å². The summed E-state index contributed by atoms with van der Waals surface area (Å²) < 4.78 is 10.00. The molecule has 0 N–H and O–H groups in total. The summed E-state index contributed by atoms with van der Waals surface area (Å²) in [4.78, 5) is 13.5. The first-order valence-corrected chi connectivity index (χ1v) is 5.81. The van der Waals surface area contributed by atoms with Gasteiger partial charge in [0.25, 0.3) is 0 Å². The Bertz CT molecular complexity index is 309. The number of esters is 1. The van der Waals surface area contributed by atoms with Gasteiger partial charge in [-0.1, -0.05) is 0 Å². The van der Waals surface area contributed by atoms with Gasteiger partial charge in [0.1, 0.15) is 0 Å². The van der Waals surface area contributed by atoms with Gasteiger partial charge in [-0.2, -0.15) is 5.26 Å². The van der Waals surface area contributed by atoms with Crippen molar-refractivity contribution >= 4 is 5.97 Å². The molecule has 0 aromatic rings. The van der Waals surface area contributed by atoms with Crippen LogP contribution in [0.2, 0.25) is 0 Å². The summed E-state index contributed by atoms with van der Waals surface area (Å²) in [6, 6.07) is 2.28. The molecule has 0 bridgehead atoms. The molecule has 5 nitrogen and oxygen atoms in total. The van der Waals surface area contributed by atoms with Gasteiger partial charge in [0.2, 0.25) is 0 Å². The molecule has 1 unspecified atom stereocenters. The summed E-state index contributed by atoms with van der Waals surface area (Å²) in [6.07, 6.45) is 0.302. The van der Waals surface area contributed by atoms with E-state index < -0.39 is 6.10 Å². The highest BCUT2D eigenvalue weighted by Crippen LogP contribution is 2.19. The number of rotatable bonds is 4. The molecule has 1 rings (SSSR count). The second-order valence-corrected chi connectivity index (χ2v) is 4.93. The van der Waals surface area contributed by atoms with E-state index in [4.69, 9.17) is 10.00 Å². The third-order valence-electron chi connectivity index (χ3n) is 2.97. The van der Waals surface area contributed by atoms with Crippen LogP contribution in [-0.4, -0.2) is 50.3 Å². The van der Waals surface area contributed by atoms with Gasteiger partial charge in [0, 0.05) is 13.1 Å². The van der Waals surface area contributed by atoms with Crippen LogP contribution in [0.3, 0.4) is 0 Å². The predicted molar refractivity (Wildman–Crippen MR) is 62.2 cm³/mol. The SMILES string of the molecule is COC(=O)C1CN(CCC(C)(C)C#N)CCO1. The topological polar surface area (TPSA) is 62.6 Å². The van der Waals surface area contributed by atoms with E-state index in [-0.39, 0.29) is 11.4 Å². The van der Waals surface area contributed by atoms with Gasteiger partial charge in [0.15, 0.2) is 6.10 Å². The highest BCUT2D eigenvalue weighted by atomic mass is 16.6. The summed E-state index contributed by atoms with van der Waals surface area (Å²) in [7, 11) is 1.36. The van der Waals surface area contributed by atoms with E-state index >= 15 is 0 Å². The molecule has 0 amide bonds. The minimum Gasteiger partial charge on any atom is -0.467 e. The number of methoxy groups -OCH3 is 1. The molecule has 5 heteroatoms. The Labute approximate surface area is 102 Å². The molecule has 0 aromatic heterocycles. The largest absolute Gasteiger partial charge is 0.467 e. The Morgan fingerprint density at radius 1 is 1.65 bits per heavy atom. The second kappa shape index (κ2) is 5.99. The van der Waals surface area contributed by atoms with Gasteiger partial charge in [0.05, 0.1) is 25.2 Å². The number of carbonyl (C=O) groups is 1. The fourth-order valence-electron chi connectivity index (χ4n) is 1.67. The van der Waals surface area contributed by atoms with Crippen molar-refractivity contribution in [2.45, 2.75) is 26.4 Å². The summed E-state index contributed by atoms with van der Waals surface area (Å²) in [6.45, 7) is 6.53. The molecule has 1 saturated heterocycles. The highest BCUT2D eigenvalue weighted by molar-refractivity contribution is 5.74. The van der Waals surface area contributed by atoms with Crippen molar-refractivity contribution in [3.8, 4) is 6.07 Å². The van der Waals surface area contributed by atoms with Crippen LogP contribution in [0.1, 0.15) is 20.3 Å². The van der Waals surface area contributed by atoms with Crippen molar-refractivity contribution in [1.29, 1.82) is 5.26 Å². The molecular weight excluding hydrogens is 220 g/mol. The van der Waals surface area contributed by atoms with Gasteiger partial charge in [-0.3, -0.25) is 4.90 Å². The minimum atomic E-state index is -0.487. The van der Waals surface area contributed by atoms with Crippen LogP contribution in [0.4, 0.5) is 0 Å². The number of hydrogen-bond donors (Lipinski definition) is 0. The van der Waals surface area contributed by atoms with E-state index in [0.717, 1.165) is 19.5 Å². The van der Waals surface area contributed by atoms with Crippen LogP contribution in [0.5, 0.6) is 0 Å². The maximum atomic E-state index is 11.3.